The second-order valence-electron chi connectivity index (χ2n) is 3.69. The molecule has 90 valence electrons. The fourth-order valence-electron chi connectivity index (χ4n) is 1.66. The highest BCUT2D eigenvalue weighted by Crippen LogP contribution is 2.24. The molecule has 0 radical (unpaired) electrons. The molecule has 4 nitrogen and oxygen atoms in total. The molecule has 0 bridgehead atoms. The van der Waals surface area contributed by atoms with Crippen molar-refractivity contribution in [1.82, 2.24) is 14.6 Å². The molecule has 0 aliphatic heterocycles. The second-order valence-corrected chi connectivity index (χ2v) is 4.91. The van der Waals surface area contributed by atoms with E-state index < -0.39 is 0 Å². The smallest absolute Gasteiger partial charge is 0.267 e. The van der Waals surface area contributed by atoms with E-state index in [2.05, 4.69) is 10.1 Å². The first-order chi connectivity index (χ1) is 8.78. The van der Waals surface area contributed by atoms with E-state index in [0.29, 0.717) is 10.7 Å². The van der Waals surface area contributed by atoms with Crippen molar-refractivity contribution in [2.75, 3.05) is 0 Å². The number of nitrogens with zero attached hydrogens (tertiary/aromatic N) is 3. The van der Waals surface area contributed by atoms with Gasteiger partial charge in [0.2, 0.25) is 4.96 Å². The molecule has 0 amide bonds. The third-order valence-corrected chi connectivity index (χ3v) is 3.72. The van der Waals surface area contributed by atoms with Crippen molar-refractivity contribution in [1.29, 1.82) is 0 Å². The summed E-state index contributed by atoms with van der Waals surface area (Å²) in [6, 6.07) is 11.2. The van der Waals surface area contributed by atoms with E-state index in [0.717, 1.165) is 10.6 Å². The summed E-state index contributed by atoms with van der Waals surface area (Å²) in [7, 11) is 0. The fourth-order valence-corrected chi connectivity index (χ4v) is 2.78. The van der Waals surface area contributed by atoms with E-state index in [1.165, 1.54) is 17.4 Å². The topological polar surface area (TPSA) is 47.3 Å². The van der Waals surface area contributed by atoms with Crippen LogP contribution in [-0.2, 0) is 5.88 Å². The molecular formula is C12H8ClN3OS. The van der Waals surface area contributed by atoms with Gasteiger partial charge < -0.3 is 0 Å². The quantitative estimate of drug-likeness (QED) is 0.677. The number of alkyl halides is 1. The van der Waals surface area contributed by atoms with Crippen molar-refractivity contribution < 1.29 is 0 Å². The summed E-state index contributed by atoms with van der Waals surface area (Å²) in [4.78, 5) is 15.9. The predicted octanol–water partition coefficient (Wildman–Crippen LogP) is 2.56. The van der Waals surface area contributed by atoms with Crippen LogP contribution in [0.1, 0.15) is 5.69 Å². The van der Waals surface area contributed by atoms with Gasteiger partial charge in [-0.25, -0.2) is 4.52 Å². The van der Waals surface area contributed by atoms with E-state index in [9.17, 15) is 4.79 Å². The largest absolute Gasteiger partial charge is 0.274 e. The molecule has 0 aliphatic rings. The third-order valence-electron chi connectivity index (χ3n) is 2.49. The van der Waals surface area contributed by atoms with Crippen molar-refractivity contribution in [3.05, 3.63) is 52.4 Å². The molecule has 0 atom stereocenters. The van der Waals surface area contributed by atoms with E-state index >= 15 is 0 Å². The molecular weight excluding hydrogens is 270 g/mol. The SMILES string of the molecule is O=c1cc(CCl)n2nc(-c3ccccc3)sc2n1. The Labute approximate surface area is 111 Å². The molecule has 18 heavy (non-hydrogen) atoms. The fraction of sp³-hybridized carbons (Fsp3) is 0.0833. The summed E-state index contributed by atoms with van der Waals surface area (Å²) in [5, 5.41) is 5.26. The molecule has 2 aromatic heterocycles. The van der Waals surface area contributed by atoms with E-state index in [4.69, 9.17) is 11.6 Å². The molecule has 0 N–H and O–H groups in total. The molecule has 6 heteroatoms. The number of halogens is 1. The van der Waals surface area contributed by atoms with Gasteiger partial charge in [0.05, 0.1) is 11.6 Å². The van der Waals surface area contributed by atoms with Gasteiger partial charge >= 0.3 is 0 Å². The maximum atomic E-state index is 11.4. The monoisotopic (exact) mass is 277 g/mol. The van der Waals surface area contributed by atoms with Crippen LogP contribution in [0.2, 0.25) is 0 Å². The van der Waals surface area contributed by atoms with Gasteiger partial charge in [-0.05, 0) is 0 Å². The van der Waals surface area contributed by atoms with Crippen LogP contribution in [-0.4, -0.2) is 14.6 Å². The summed E-state index contributed by atoms with van der Waals surface area (Å²) >= 11 is 7.19. The molecule has 0 saturated heterocycles. The lowest BCUT2D eigenvalue weighted by molar-refractivity contribution is 0.881. The summed E-state index contributed by atoms with van der Waals surface area (Å²) in [5.74, 6) is 0.233. The first kappa shape index (κ1) is 11.4. The van der Waals surface area contributed by atoms with Crippen LogP contribution in [0.3, 0.4) is 0 Å². The number of benzene rings is 1. The molecule has 3 aromatic rings. The Morgan fingerprint density at radius 2 is 2.06 bits per heavy atom. The van der Waals surface area contributed by atoms with E-state index in [1.54, 1.807) is 4.52 Å². The van der Waals surface area contributed by atoms with Gasteiger partial charge in [-0.3, -0.25) is 4.79 Å². The summed E-state index contributed by atoms with van der Waals surface area (Å²) in [5.41, 5.74) is 1.37. The van der Waals surface area contributed by atoms with Crippen LogP contribution in [0.5, 0.6) is 0 Å². The zero-order valence-corrected chi connectivity index (χ0v) is 10.8. The molecule has 0 fully saturated rings. The van der Waals surface area contributed by atoms with Crippen LogP contribution in [0.15, 0.2) is 41.2 Å². The van der Waals surface area contributed by atoms with Crippen LogP contribution in [0.4, 0.5) is 0 Å². The van der Waals surface area contributed by atoms with Crippen molar-refractivity contribution in [2.24, 2.45) is 0 Å². The average molecular weight is 278 g/mol. The van der Waals surface area contributed by atoms with Gasteiger partial charge in [-0.15, -0.1) is 11.6 Å². The molecule has 0 spiro atoms. The standard InChI is InChI=1S/C12H8ClN3OS/c13-7-9-6-10(17)14-12-16(9)15-11(18-12)8-4-2-1-3-5-8/h1-6H,7H2. The first-order valence-electron chi connectivity index (χ1n) is 5.29. The zero-order chi connectivity index (χ0) is 12.5. The Kier molecular flexibility index (Phi) is 2.85. The third kappa shape index (κ3) is 1.91. The van der Waals surface area contributed by atoms with Gasteiger partial charge in [-0.1, -0.05) is 41.7 Å². The minimum Gasteiger partial charge on any atom is -0.267 e. The minimum absolute atomic E-state index is 0.233. The highest BCUT2D eigenvalue weighted by molar-refractivity contribution is 7.19. The number of hydrogen-bond donors (Lipinski definition) is 0. The van der Waals surface area contributed by atoms with Crippen LogP contribution < -0.4 is 5.56 Å². The Balaban J connectivity index is 2.26. The number of aromatic nitrogens is 3. The highest BCUT2D eigenvalue weighted by Gasteiger charge is 2.10. The molecule has 1 aromatic carbocycles. The highest BCUT2D eigenvalue weighted by atomic mass is 35.5. The van der Waals surface area contributed by atoms with Crippen LogP contribution in [0.25, 0.3) is 15.5 Å². The first-order valence-corrected chi connectivity index (χ1v) is 6.64. The molecule has 2 heterocycles. The normalized spacial score (nSPS) is 10.9. The van der Waals surface area contributed by atoms with Crippen LogP contribution in [0, 0.1) is 0 Å². The number of fused-ring (bicyclic) bond motifs is 1. The summed E-state index contributed by atoms with van der Waals surface area (Å²) in [6.07, 6.45) is 0. The second kappa shape index (κ2) is 4.51. The summed E-state index contributed by atoms with van der Waals surface area (Å²) in [6.45, 7) is 0. The maximum Gasteiger partial charge on any atom is 0.274 e. The molecule has 0 aliphatic carbocycles. The van der Waals surface area contributed by atoms with E-state index in [-0.39, 0.29) is 11.4 Å². The van der Waals surface area contributed by atoms with Gasteiger partial charge in [0.25, 0.3) is 5.56 Å². The lowest BCUT2D eigenvalue weighted by atomic mass is 10.2. The Morgan fingerprint density at radius 1 is 1.28 bits per heavy atom. The Bertz CT molecular complexity index is 751. The molecule has 0 unspecified atom stereocenters. The van der Waals surface area contributed by atoms with Crippen LogP contribution >= 0.6 is 22.9 Å². The van der Waals surface area contributed by atoms with Crippen molar-refractivity contribution >= 4 is 27.9 Å². The zero-order valence-electron chi connectivity index (χ0n) is 9.21. The lowest BCUT2D eigenvalue weighted by Gasteiger charge is -1.96. The van der Waals surface area contributed by atoms with Crippen molar-refractivity contribution in [3.8, 4) is 10.6 Å². The maximum absolute atomic E-state index is 11.4. The average Bonchev–Trinajstić information content (AvgIpc) is 2.82. The number of hydrogen-bond acceptors (Lipinski definition) is 4. The minimum atomic E-state index is -0.283. The molecule has 3 rings (SSSR count). The van der Waals surface area contributed by atoms with Gasteiger partial charge in [0.15, 0.2) is 0 Å². The van der Waals surface area contributed by atoms with Gasteiger partial charge in [0, 0.05) is 11.6 Å². The molecule has 0 saturated carbocycles. The van der Waals surface area contributed by atoms with E-state index in [1.807, 2.05) is 30.3 Å². The van der Waals surface area contributed by atoms with Gasteiger partial charge in [0.1, 0.15) is 5.01 Å². The lowest BCUT2D eigenvalue weighted by Crippen LogP contribution is -2.10. The van der Waals surface area contributed by atoms with Crippen molar-refractivity contribution in [3.63, 3.8) is 0 Å². The predicted molar refractivity (Wildman–Crippen MR) is 72.1 cm³/mol. The van der Waals surface area contributed by atoms with Gasteiger partial charge in [-0.2, -0.15) is 10.1 Å². The Morgan fingerprint density at radius 3 is 2.78 bits per heavy atom. The Hall–Kier alpha value is -1.72. The van der Waals surface area contributed by atoms with Crippen molar-refractivity contribution in [2.45, 2.75) is 5.88 Å². The summed E-state index contributed by atoms with van der Waals surface area (Å²) < 4.78 is 1.63. The number of rotatable bonds is 2.